The molecule has 0 aliphatic carbocycles. The van der Waals surface area contributed by atoms with E-state index in [-0.39, 0.29) is 11.9 Å². The molecule has 2 aliphatic rings. The van der Waals surface area contributed by atoms with Gasteiger partial charge in [0.25, 0.3) is 0 Å². The zero-order valence-electron chi connectivity index (χ0n) is 15.9. The standard InChI is InChI=1S/C19H32N4O2/c1-4-23-18-7-9-25-13-16(18)17(21-23)12-22-8-5-6-15(11-22)20-19(24)10-14(2)3/h14-15H,4-13H2,1-3H3,(H,20,24). The predicted octanol–water partition coefficient (Wildman–Crippen LogP) is 2.10. The number of piperidine rings is 1. The molecular weight excluding hydrogens is 316 g/mol. The summed E-state index contributed by atoms with van der Waals surface area (Å²) in [6, 6.07) is 0.264. The lowest BCUT2D eigenvalue weighted by Gasteiger charge is -2.33. The molecule has 3 rings (SSSR count). The van der Waals surface area contributed by atoms with Crippen molar-refractivity contribution in [1.29, 1.82) is 0 Å². The summed E-state index contributed by atoms with van der Waals surface area (Å²) in [5, 5.41) is 8.05. The number of amides is 1. The number of nitrogens with zero attached hydrogens (tertiary/aromatic N) is 3. The van der Waals surface area contributed by atoms with Gasteiger partial charge >= 0.3 is 0 Å². The number of likely N-dealkylation sites (tertiary alicyclic amines) is 1. The molecule has 1 unspecified atom stereocenters. The molecule has 0 aromatic carbocycles. The number of aryl methyl sites for hydroxylation is 1. The number of ether oxygens (including phenoxy) is 1. The van der Waals surface area contributed by atoms with E-state index >= 15 is 0 Å². The van der Waals surface area contributed by atoms with Gasteiger partial charge in [0, 0.05) is 49.8 Å². The molecule has 140 valence electrons. The highest BCUT2D eigenvalue weighted by Crippen LogP contribution is 2.23. The van der Waals surface area contributed by atoms with Crippen molar-refractivity contribution in [3.63, 3.8) is 0 Å². The van der Waals surface area contributed by atoms with Crippen LogP contribution in [0.4, 0.5) is 0 Å². The number of hydrogen-bond donors (Lipinski definition) is 1. The summed E-state index contributed by atoms with van der Waals surface area (Å²) in [5.41, 5.74) is 3.80. The molecule has 25 heavy (non-hydrogen) atoms. The van der Waals surface area contributed by atoms with Gasteiger partial charge < -0.3 is 10.1 Å². The van der Waals surface area contributed by atoms with Crippen LogP contribution in [0.3, 0.4) is 0 Å². The molecular formula is C19H32N4O2. The molecule has 1 atom stereocenters. The molecule has 3 heterocycles. The van der Waals surface area contributed by atoms with Gasteiger partial charge in [-0.3, -0.25) is 14.4 Å². The number of fused-ring (bicyclic) bond motifs is 1. The van der Waals surface area contributed by atoms with E-state index in [1.165, 1.54) is 11.3 Å². The van der Waals surface area contributed by atoms with Crippen LogP contribution in [0, 0.1) is 5.92 Å². The van der Waals surface area contributed by atoms with Crippen molar-refractivity contribution in [3.8, 4) is 0 Å². The fourth-order valence-electron chi connectivity index (χ4n) is 3.95. The third-order valence-corrected chi connectivity index (χ3v) is 5.12. The summed E-state index contributed by atoms with van der Waals surface area (Å²) in [6.07, 6.45) is 3.77. The molecule has 0 radical (unpaired) electrons. The van der Waals surface area contributed by atoms with E-state index in [9.17, 15) is 4.79 Å². The van der Waals surface area contributed by atoms with E-state index in [1.54, 1.807) is 0 Å². The minimum absolute atomic E-state index is 0.183. The quantitative estimate of drug-likeness (QED) is 0.855. The van der Waals surface area contributed by atoms with Gasteiger partial charge in [-0.05, 0) is 32.2 Å². The Morgan fingerprint density at radius 2 is 2.28 bits per heavy atom. The number of rotatable bonds is 6. The molecule has 1 saturated heterocycles. The van der Waals surface area contributed by atoms with E-state index in [1.807, 2.05) is 0 Å². The van der Waals surface area contributed by atoms with Gasteiger partial charge in [0.05, 0.1) is 18.9 Å². The first kappa shape index (κ1) is 18.4. The van der Waals surface area contributed by atoms with Crippen molar-refractivity contribution < 1.29 is 9.53 Å². The van der Waals surface area contributed by atoms with E-state index < -0.39 is 0 Å². The van der Waals surface area contributed by atoms with Crippen molar-refractivity contribution >= 4 is 5.91 Å². The van der Waals surface area contributed by atoms with Crippen LogP contribution < -0.4 is 5.32 Å². The molecule has 1 fully saturated rings. The number of carbonyl (C=O) groups excluding carboxylic acids is 1. The van der Waals surface area contributed by atoms with Gasteiger partial charge in [-0.1, -0.05) is 13.8 Å². The monoisotopic (exact) mass is 348 g/mol. The lowest BCUT2D eigenvalue weighted by atomic mass is 10.0. The predicted molar refractivity (Wildman–Crippen MR) is 97.2 cm³/mol. The maximum Gasteiger partial charge on any atom is 0.220 e. The first-order chi connectivity index (χ1) is 12.1. The third-order valence-electron chi connectivity index (χ3n) is 5.12. The first-order valence-electron chi connectivity index (χ1n) is 9.73. The Morgan fingerprint density at radius 1 is 1.44 bits per heavy atom. The van der Waals surface area contributed by atoms with Crippen LogP contribution in [0.1, 0.15) is 57.0 Å². The third kappa shape index (κ3) is 4.61. The van der Waals surface area contributed by atoms with Gasteiger partial charge in [-0.2, -0.15) is 5.10 Å². The van der Waals surface area contributed by atoms with Crippen molar-refractivity contribution in [2.24, 2.45) is 5.92 Å². The summed E-state index contributed by atoms with van der Waals surface area (Å²) < 4.78 is 7.80. The highest BCUT2D eigenvalue weighted by atomic mass is 16.5. The molecule has 1 N–H and O–H groups in total. The normalized spacial score (nSPS) is 21.4. The second-order valence-electron chi connectivity index (χ2n) is 7.73. The van der Waals surface area contributed by atoms with Crippen LogP contribution in [0.15, 0.2) is 0 Å². The molecule has 0 spiro atoms. The van der Waals surface area contributed by atoms with E-state index in [0.29, 0.717) is 18.9 Å². The van der Waals surface area contributed by atoms with Crippen LogP contribution in [0.5, 0.6) is 0 Å². The minimum Gasteiger partial charge on any atom is -0.376 e. The fraction of sp³-hybridized carbons (Fsp3) is 0.789. The molecule has 0 saturated carbocycles. The molecule has 6 nitrogen and oxygen atoms in total. The number of carbonyl (C=O) groups is 1. The van der Waals surface area contributed by atoms with E-state index in [4.69, 9.17) is 9.84 Å². The minimum atomic E-state index is 0.183. The van der Waals surface area contributed by atoms with Crippen molar-refractivity contribution in [2.75, 3.05) is 19.7 Å². The van der Waals surface area contributed by atoms with Gasteiger partial charge in [0.2, 0.25) is 5.91 Å². The van der Waals surface area contributed by atoms with Crippen molar-refractivity contribution in [1.82, 2.24) is 20.0 Å². The smallest absolute Gasteiger partial charge is 0.220 e. The average molecular weight is 348 g/mol. The maximum absolute atomic E-state index is 12.1. The topological polar surface area (TPSA) is 59.4 Å². The summed E-state index contributed by atoms with van der Waals surface area (Å²) in [6.45, 7) is 11.6. The zero-order chi connectivity index (χ0) is 17.8. The van der Waals surface area contributed by atoms with Crippen LogP contribution in [0.25, 0.3) is 0 Å². The van der Waals surface area contributed by atoms with Crippen molar-refractivity contribution in [2.45, 2.75) is 72.2 Å². The number of nitrogens with one attached hydrogen (secondary N) is 1. The fourth-order valence-corrected chi connectivity index (χ4v) is 3.95. The lowest BCUT2D eigenvalue weighted by Crippen LogP contribution is -2.47. The lowest BCUT2D eigenvalue weighted by molar-refractivity contribution is -0.122. The second-order valence-corrected chi connectivity index (χ2v) is 7.73. The summed E-state index contributed by atoms with van der Waals surface area (Å²) >= 11 is 0. The summed E-state index contributed by atoms with van der Waals surface area (Å²) in [5.74, 6) is 0.590. The largest absolute Gasteiger partial charge is 0.376 e. The number of hydrogen-bond acceptors (Lipinski definition) is 4. The Balaban J connectivity index is 1.61. The molecule has 0 bridgehead atoms. The number of aromatic nitrogens is 2. The Morgan fingerprint density at radius 3 is 3.04 bits per heavy atom. The van der Waals surface area contributed by atoms with Crippen LogP contribution >= 0.6 is 0 Å². The Kier molecular flexibility index (Phi) is 6.12. The Hall–Kier alpha value is -1.40. The van der Waals surface area contributed by atoms with Gasteiger partial charge in [-0.15, -0.1) is 0 Å². The Bertz CT molecular complexity index is 596. The molecule has 1 aromatic rings. The molecule has 1 aromatic heterocycles. The SMILES string of the molecule is CCn1nc(CN2CCCC(NC(=O)CC(C)C)C2)c2c1CCOC2. The second kappa shape index (κ2) is 8.32. The Labute approximate surface area is 150 Å². The highest BCUT2D eigenvalue weighted by molar-refractivity contribution is 5.76. The average Bonchev–Trinajstić information content (AvgIpc) is 2.92. The van der Waals surface area contributed by atoms with Crippen molar-refractivity contribution in [3.05, 3.63) is 17.0 Å². The first-order valence-corrected chi connectivity index (χ1v) is 9.73. The van der Waals surface area contributed by atoms with E-state index in [2.05, 4.69) is 35.7 Å². The van der Waals surface area contributed by atoms with Crippen LogP contribution in [0.2, 0.25) is 0 Å². The van der Waals surface area contributed by atoms with Gasteiger partial charge in [0.1, 0.15) is 0 Å². The molecule has 6 heteroatoms. The van der Waals surface area contributed by atoms with Gasteiger partial charge in [0.15, 0.2) is 0 Å². The molecule has 1 amide bonds. The van der Waals surface area contributed by atoms with Gasteiger partial charge in [-0.25, -0.2) is 0 Å². The summed E-state index contributed by atoms with van der Waals surface area (Å²) in [7, 11) is 0. The summed E-state index contributed by atoms with van der Waals surface area (Å²) in [4.78, 5) is 14.5. The maximum atomic E-state index is 12.1. The molecule has 2 aliphatic heterocycles. The van der Waals surface area contributed by atoms with Crippen LogP contribution in [-0.2, 0) is 35.6 Å². The van der Waals surface area contributed by atoms with Crippen LogP contribution in [-0.4, -0.2) is 46.3 Å². The zero-order valence-corrected chi connectivity index (χ0v) is 15.9. The van der Waals surface area contributed by atoms with E-state index in [0.717, 1.165) is 57.7 Å². The highest BCUT2D eigenvalue weighted by Gasteiger charge is 2.26.